The highest BCUT2D eigenvalue weighted by Gasteiger charge is 2.33. The zero-order valence-electron chi connectivity index (χ0n) is 16.1. The van der Waals surface area contributed by atoms with Crippen molar-refractivity contribution in [2.45, 2.75) is 64.7 Å². The zero-order valence-corrected chi connectivity index (χ0v) is 16.1. The van der Waals surface area contributed by atoms with E-state index in [0.29, 0.717) is 0 Å². The van der Waals surface area contributed by atoms with Gasteiger partial charge in [-0.2, -0.15) is 0 Å². The van der Waals surface area contributed by atoms with E-state index in [-0.39, 0.29) is 17.6 Å². The summed E-state index contributed by atoms with van der Waals surface area (Å²) >= 11 is 0. The van der Waals surface area contributed by atoms with Crippen LogP contribution in [0.1, 0.15) is 64.7 Å². The minimum absolute atomic E-state index is 0.0838. The molecule has 0 atom stereocenters. The van der Waals surface area contributed by atoms with Gasteiger partial charge in [-0.05, 0) is 94.6 Å². The molecule has 0 bridgehead atoms. The molecule has 0 saturated heterocycles. The van der Waals surface area contributed by atoms with E-state index in [0.717, 1.165) is 55.6 Å². The lowest BCUT2D eigenvalue weighted by Crippen LogP contribution is -2.30. The molecule has 0 spiro atoms. The average molecular weight is 376 g/mol. The van der Waals surface area contributed by atoms with Crippen LogP contribution in [-0.2, 0) is 4.79 Å². The number of allylic oxidation sites excluding steroid dienone is 2. The van der Waals surface area contributed by atoms with Crippen molar-refractivity contribution in [3.8, 4) is 5.75 Å². The van der Waals surface area contributed by atoms with Crippen LogP contribution in [0.15, 0.2) is 30.4 Å². The normalized spacial score (nSPS) is 29.0. The van der Waals surface area contributed by atoms with Gasteiger partial charge in [-0.15, -0.1) is 0 Å². The van der Waals surface area contributed by atoms with Crippen LogP contribution in [0.25, 0.3) is 0 Å². The summed E-state index contributed by atoms with van der Waals surface area (Å²) in [7, 11) is 0. The minimum atomic E-state index is -0.992. The lowest BCUT2D eigenvalue weighted by Gasteiger charge is -2.37. The van der Waals surface area contributed by atoms with Gasteiger partial charge in [-0.25, -0.2) is 8.78 Å². The van der Waals surface area contributed by atoms with Crippen molar-refractivity contribution < 1.29 is 18.3 Å². The Morgan fingerprint density at radius 1 is 1.00 bits per heavy atom. The first kappa shape index (κ1) is 20.0. The van der Waals surface area contributed by atoms with E-state index >= 15 is 0 Å². The van der Waals surface area contributed by atoms with Crippen LogP contribution in [-0.4, -0.2) is 5.97 Å². The number of esters is 1. The highest BCUT2D eigenvalue weighted by Crippen LogP contribution is 2.42. The average Bonchev–Trinajstić information content (AvgIpc) is 2.70. The summed E-state index contributed by atoms with van der Waals surface area (Å²) in [4.78, 5) is 12.3. The topological polar surface area (TPSA) is 26.3 Å². The zero-order chi connectivity index (χ0) is 19.2. The summed E-state index contributed by atoms with van der Waals surface area (Å²) in [6.07, 6.45) is 14.8. The number of carbonyl (C=O) groups excluding carboxylic acids is 1. The third-order valence-electron chi connectivity index (χ3n) is 6.48. The van der Waals surface area contributed by atoms with Crippen LogP contribution in [0, 0.1) is 35.3 Å². The van der Waals surface area contributed by atoms with Gasteiger partial charge < -0.3 is 4.74 Å². The molecule has 2 nitrogen and oxygen atoms in total. The minimum Gasteiger partial charge on any atom is -0.426 e. The van der Waals surface area contributed by atoms with Gasteiger partial charge in [0.1, 0.15) is 5.75 Å². The molecule has 0 N–H and O–H groups in total. The van der Waals surface area contributed by atoms with Crippen molar-refractivity contribution in [3.63, 3.8) is 0 Å². The largest absolute Gasteiger partial charge is 0.426 e. The second-order valence-electron chi connectivity index (χ2n) is 8.19. The summed E-state index contributed by atoms with van der Waals surface area (Å²) in [5.74, 6) is 0.0926. The monoisotopic (exact) mass is 376 g/mol. The molecule has 2 aliphatic rings. The van der Waals surface area contributed by atoms with Gasteiger partial charge in [0.15, 0.2) is 11.6 Å². The Bertz CT molecular complexity index is 654. The molecule has 2 fully saturated rings. The van der Waals surface area contributed by atoms with Crippen LogP contribution in [0.5, 0.6) is 5.75 Å². The number of rotatable bonds is 5. The predicted octanol–water partition coefficient (Wildman–Crippen LogP) is 6.45. The van der Waals surface area contributed by atoms with Crippen LogP contribution >= 0.6 is 0 Å². The molecule has 3 rings (SSSR count). The molecule has 27 heavy (non-hydrogen) atoms. The summed E-state index contributed by atoms with van der Waals surface area (Å²) in [5.41, 5.74) is 0. The van der Waals surface area contributed by atoms with Crippen LogP contribution in [0.3, 0.4) is 0 Å². The molecular formula is C23H30F2O2. The van der Waals surface area contributed by atoms with Gasteiger partial charge in [-0.3, -0.25) is 4.79 Å². The summed E-state index contributed by atoms with van der Waals surface area (Å²) in [5, 5.41) is 0. The fourth-order valence-corrected chi connectivity index (χ4v) is 4.79. The highest BCUT2D eigenvalue weighted by molar-refractivity contribution is 5.75. The van der Waals surface area contributed by atoms with Crippen molar-refractivity contribution in [1.29, 1.82) is 0 Å². The molecule has 1 aromatic rings. The first-order chi connectivity index (χ1) is 13.1. The predicted molar refractivity (Wildman–Crippen MR) is 102 cm³/mol. The van der Waals surface area contributed by atoms with Crippen molar-refractivity contribution in [1.82, 2.24) is 0 Å². The van der Waals surface area contributed by atoms with Crippen molar-refractivity contribution in [2.24, 2.45) is 23.7 Å². The first-order valence-corrected chi connectivity index (χ1v) is 10.3. The summed E-state index contributed by atoms with van der Waals surface area (Å²) < 4.78 is 31.5. The lowest BCUT2D eigenvalue weighted by molar-refractivity contribution is -0.140. The molecule has 0 unspecified atom stereocenters. The molecule has 0 radical (unpaired) electrons. The molecule has 1 aromatic carbocycles. The Morgan fingerprint density at radius 3 is 2.22 bits per heavy atom. The second-order valence-corrected chi connectivity index (χ2v) is 8.19. The standard InChI is InChI=1S/C23H30F2O2/c1-2-3-4-16-5-7-17(8-6-16)18-9-11-19(12-10-18)23(26)27-20-13-14-21(24)22(25)15-20/h2-3,13-19H,4-12H2,1H3/b3-2+/t16-,17-,18?,19?. The Kier molecular flexibility index (Phi) is 7.03. The maximum atomic E-state index is 13.3. The molecule has 2 aliphatic carbocycles. The van der Waals surface area contributed by atoms with Gasteiger partial charge in [0, 0.05) is 6.07 Å². The Hall–Kier alpha value is -1.71. The van der Waals surface area contributed by atoms with E-state index in [1.165, 1.54) is 38.2 Å². The third kappa shape index (κ3) is 5.40. The fraction of sp³-hybridized carbons (Fsp3) is 0.609. The first-order valence-electron chi connectivity index (χ1n) is 10.3. The Balaban J connectivity index is 1.43. The van der Waals surface area contributed by atoms with E-state index in [1.54, 1.807) is 0 Å². The van der Waals surface area contributed by atoms with Crippen molar-refractivity contribution in [3.05, 3.63) is 42.0 Å². The molecule has 0 heterocycles. The van der Waals surface area contributed by atoms with E-state index in [4.69, 9.17) is 4.74 Å². The van der Waals surface area contributed by atoms with Crippen LogP contribution in [0.4, 0.5) is 8.78 Å². The quantitative estimate of drug-likeness (QED) is 0.335. The number of halogens is 2. The van der Waals surface area contributed by atoms with Gasteiger partial charge in [0.05, 0.1) is 5.92 Å². The molecular weight excluding hydrogens is 346 g/mol. The lowest BCUT2D eigenvalue weighted by atomic mass is 9.69. The number of carbonyl (C=O) groups is 1. The summed E-state index contributed by atoms with van der Waals surface area (Å²) in [6, 6.07) is 3.22. The highest BCUT2D eigenvalue weighted by atomic mass is 19.2. The number of hydrogen-bond acceptors (Lipinski definition) is 2. The molecule has 0 aromatic heterocycles. The smallest absolute Gasteiger partial charge is 0.314 e. The summed E-state index contributed by atoms with van der Waals surface area (Å²) in [6.45, 7) is 2.08. The van der Waals surface area contributed by atoms with Gasteiger partial charge >= 0.3 is 5.97 Å². The van der Waals surface area contributed by atoms with E-state index in [2.05, 4.69) is 19.1 Å². The number of ether oxygens (including phenoxy) is 1. The molecule has 2 saturated carbocycles. The molecule has 4 heteroatoms. The maximum absolute atomic E-state index is 13.3. The number of benzene rings is 1. The van der Waals surface area contributed by atoms with Crippen LogP contribution < -0.4 is 4.74 Å². The van der Waals surface area contributed by atoms with Gasteiger partial charge in [0.2, 0.25) is 0 Å². The Morgan fingerprint density at radius 2 is 1.63 bits per heavy atom. The maximum Gasteiger partial charge on any atom is 0.314 e. The van der Waals surface area contributed by atoms with E-state index < -0.39 is 11.6 Å². The van der Waals surface area contributed by atoms with Crippen molar-refractivity contribution in [2.75, 3.05) is 0 Å². The van der Waals surface area contributed by atoms with Crippen molar-refractivity contribution >= 4 is 5.97 Å². The van der Waals surface area contributed by atoms with Crippen LogP contribution in [0.2, 0.25) is 0 Å². The molecule has 0 amide bonds. The van der Waals surface area contributed by atoms with Gasteiger partial charge in [-0.1, -0.05) is 12.2 Å². The number of hydrogen-bond donors (Lipinski definition) is 0. The van der Waals surface area contributed by atoms with E-state index in [1.807, 2.05) is 0 Å². The fourth-order valence-electron chi connectivity index (χ4n) is 4.79. The third-order valence-corrected chi connectivity index (χ3v) is 6.48. The van der Waals surface area contributed by atoms with E-state index in [9.17, 15) is 13.6 Å². The SMILES string of the molecule is C/C=C/C[C@H]1CC[C@H](C2CCC(C(=O)Oc3ccc(F)c(F)c3)CC2)CC1. The second kappa shape index (κ2) is 9.48. The van der Waals surface area contributed by atoms with Gasteiger partial charge in [0.25, 0.3) is 0 Å². The molecule has 148 valence electrons. The molecule has 0 aliphatic heterocycles. The Labute approximate surface area is 161 Å².